The lowest BCUT2D eigenvalue weighted by Crippen LogP contribution is -2.08. The Morgan fingerprint density at radius 3 is 2.90 bits per heavy atom. The van der Waals surface area contributed by atoms with Crippen molar-refractivity contribution >= 4 is 35.6 Å². The van der Waals surface area contributed by atoms with Crippen LogP contribution in [0.5, 0.6) is 0 Å². The molecule has 0 saturated carbocycles. The Morgan fingerprint density at radius 2 is 2.40 bits per heavy atom. The summed E-state index contributed by atoms with van der Waals surface area (Å²) >= 11 is 11.3. The summed E-state index contributed by atoms with van der Waals surface area (Å²) in [6.45, 7) is 0.862. The molecule has 1 nitrogen and oxygen atoms in total. The van der Waals surface area contributed by atoms with Gasteiger partial charge in [0.25, 0.3) is 0 Å². The number of thiophene rings is 1. The Morgan fingerprint density at radius 1 is 1.60 bits per heavy atom. The number of halogens is 1. The predicted molar refractivity (Wildman–Crippen MR) is 50.0 cm³/mol. The molecule has 1 aromatic heterocycles. The molecule has 0 aromatic carbocycles. The van der Waals surface area contributed by atoms with Gasteiger partial charge in [-0.25, -0.2) is 0 Å². The van der Waals surface area contributed by atoms with Gasteiger partial charge in [-0.2, -0.15) is 12.6 Å². The first kappa shape index (κ1) is 8.40. The number of rotatable bonds is 3. The van der Waals surface area contributed by atoms with Crippen LogP contribution in [0.15, 0.2) is 12.1 Å². The van der Waals surface area contributed by atoms with Crippen molar-refractivity contribution in [1.82, 2.24) is 5.32 Å². The molecule has 0 spiro atoms. The second-order valence-corrected chi connectivity index (χ2v) is 3.91. The van der Waals surface area contributed by atoms with Gasteiger partial charge < -0.3 is 5.32 Å². The highest BCUT2D eigenvalue weighted by Crippen LogP contribution is 2.20. The predicted octanol–water partition coefficient (Wildman–Crippen LogP) is 2.38. The zero-order chi connectivity index (χ0) is 7.40. The fourth-order valence-electron chi connectivity index (χ4n) is 0.626. The maximum Gasteiger partial charge on any atom is 0.0931 e. The van der Waals surface area contributed by atoms with Gasteiger partial charge in [0.15, 0.2) is 0 Å². The molecule has 0 aliphatic rings. The molecule has 1 aromatic rings. The van der Waals surface area contributed by atoms with Gasteiger partial charge in [0, 0.05) is 17.3 Å². The van der Waals surface area contributed by atoms with Crippen molar-refractivity contribution in [3.63, 3.8) is 0 Å². The SMILES string of the molecule is SCNCc1ccc(Cl)s1. The van der Waals surface area contributed by atoms with Crippen LogP contribution >= 0.6 is 35.6 Å². The molecular formula is C6H8ClNS2. The Balaban J connectivity index is 2.42. The van der Waals surface area contributed by atoms with E-state index in [0.29, 0.717) is 5.88 Å². The van der Waals surface area contributed by atoms with Gasteiger partial charge in [-0.15, -0.1) is 11.3 Å². The third-order valence-electron chi connectivity index (χ3n) is 1.04. The monoisotopic (exact) mass is 193 g/mol. The fraction of sp³-hybridized carbons (Fsp3) is 0.333. The summed E-state index contributed by atoms with van der Waals surface area (Å²) in [7, 11) is 0. The first-order chi connectivity index (χ1) is 4.83. The highest BCUT2D eigenvalue weighted by Gasteiger charge is 1.94. The van der Waals surface area contributed by atoms with Crippen molar-refractivity contribution < 1.29 is 0 Å². The van der Waals surface area contributed by atoms with Gasteiger partial charge in [0.1, 0.15) is 0 Å². The van der Waals surface area contributed by atoms with Crippen molar-refractivity contribution in [3.8, 4) is 0 Å². The minimum atomic E-state index is 0.704. The summed E-state index contributed by atoms with van der Waals surface area (Å²) < 4.78 is 0.843. The molecule has 0 fully saturated rings. The number of nitrogens with one attached hydrogen (secondary N) is 1. The smallest absolute Gasteiger partial charge is 0.0931 e. The topological polar surface area (TPSA) is 12.0 Å². The molecule has 0 saturated heterocycles. The van der Waals surface area contributed by atoms with Crippen LogP contribution in [0, 0.1) is 0 Å². The molecule has 10 heavy (non-hydrogen) atoms. The molecule has 0 radical (unpaired) electrons. The van der Waals surface area contributed by atoms with Gasteiger partial charge in [0.2, 0.25) is 0 Å². The van der Waals surface area contributed by atoms with E-state index in [1.165, 1.54) is 4.88 Å². The summed E-state index contributed by atoms with van der Waals surface area (Å²) in [6, 6.07) is 3.92. The van der Waals surface area contributed by atoms with E-state index in [9.17, 15) is 0 Å². The maximum atomic E-state index is 5.71. The highest BCUT2D eigenvalue weighted by molar-refractivity contribution is 7.80. The van der Waals surface area contributed by atoms with E-state index in [2.05, 4.69) is 17.9 Å². The molecule has 0 bridgehead atoms. The third kappa shape index (κ3) is 2.50. The van der Waals surface area contributed by atoms with E-state index in [0.717, 1.165) is 10.9 Å². The summed E-state index contributed by atoms with van der Waals surface area (Å²) in [5.74, 6) is 0.704. The van der Waals surface area contributed by atoms with Crippen LogP contribution in [-0.2, 0) is 6.54 Å². The van der Waals surface area contributed by atoms with Crippen molar-refractivity contribution in [2.45, 2.75) is 6.54 Å². The highest BCUT2D eigenvalue weighted by atomic mass is 35.5. The fourth-order valence-corrected chi connectivity index (χ4v) is 1.79. The van der Waals surface area contributed by atoms with Gasteiger partial charge in [-0.3, -0.25) is 0 Å². The van der Waals surface area contributed by atoms with Crippen molar-refractivity contribution in [2.75, 3.05) is 5.88 Å². The van der Waals surface area contributed by atoms with Crippen LogP contribution in [0.1, 0.15) is 4.88 Å². The molecule has 0 aliphatic heterocycles. The molecule has 56 valence electrons. The van der Waals surface area contributed by atoms with Crippen molar-refractivity contribution in [2.24, 2.45) is 0 Å². The average molecular weight is 194 g/mol. The minimum Gasteiger partial charge on any atom is -0.303 e. The lowest BCUT2D eigenvalue weighted by Gasteiger charge is -1.94. The summed E-state index contributed by atoms with van der Waals surface area (Å²) in [4.78, 5) is 1.25. The number of hydrogen-bond acceptors (Lipinski definition) is 3. The third-order valence-corrected chi connectivity index (χ3v) is 2.49. The summed E-state index contributed by atoms with van der Waals surface area (Å²) in [5, 5.41) is 3.09. The van der Waals surface area contributed by atoms with Gasteiger partial charge in [-0.05, 0) is 12.1 Å². The first-order valence-electron chi connectivity index (χ1n) is 2.88. The quantitative estimate of drug-likeness (QED) is 0.555. The van der Waals surface area contributed by atoms with Crippen LogP contribution in [0.2, 0.25) is 4.34 Å². The normalized spacial score (nSPS) is 10.2. The van der Waals surface area contributed by atoms with Gasteiger partial charge >= 0.3 is 0 Å². The van der Waals surface area contributed by atoms with Gasteiger partial charge in [-0.1, -0.05) is 11.6 Å². The molecule has 1 heterocycles. The van der Waals surface area contributed by atoms with Crippen LogP contribution in [0.4, 0.5) is 0 Å². The van der Waals surface area contributed by atoms with Crippen molar-refractivity contribution in [3.05, 3.63) is 21.3 Å². The summed E-state index contributed by atoms with van der Waals surface area (Å²) in [5.41, 5.74) is 0. The van der Waals surface area contributed by atoms with E-state index >= 15 is 0 Å². The lowest BCUT2D eigenvalue weighted by atomic mass is 10.5. The zero-order valence-corrected chi connectivity index (χ0v) is 7.77. The molecule has 0 aliphatic carbocycles. The van der Waals surface area contributed by atoms with E-state index in [-0.39, 0.29) is 0 Å². The minimum absolute atomic E-state index is 0.704. The zero-order valence-electron chi connectivity index (χ0n) is 5.30. The van der Waals surface area contributed by atoms with Crippen LogP contribution in [-0.4, -0.2) is 5.88 Å². The van der Waals surface area contributed by atoms with Crippen LogP contribution in [0.25, 0.3) is 0 Å². The Hall–Kier alpha value is 0.300. The summed E-state index contributed by atoms with van der Waals surface area (Å²) in [6.07, 6.45) is 0. The molecule has 1 rings (SSSR count). The second-order valence-electron chi connectivity index (χ2n) is 1.79. The number of hydrogen-bond donors (Lipinski definition) is 2. The van der Waals surface area contributed by atoms with E-state index in [1.54, 1.807) is 11.3 Å². The molecular weight excluding hydrogens is 186 g/mol. The average Bonchev–Trinajstić information content (AvgIpc) is 2.31. The maximum absolute atomic E-state index is 5.71. The molecule has 0 amide bonds. The molecule has 1 N–H and O–H groups in total. The van der Waals surface area contributed by atoms with Crippen LogP contribution in [0.3, 0.4) is 0 Å². The molecule has 0 atom stereocenters. The lowest BCUT2D eigenvalue weighted by molar-refractivity contribution is 0.811. The van der Waals surface area contributed by atoms with E-state index in [1.807, 2.05) is 12.1 Å². The second kappa shape index (κ2) is 4.23. The van der Waals surface area contributed by atoms with Gasteiger partial charge in [0.05, 0.1) is 4.34 Å². The standard InChI is InChI=1S/C6H8ClNS2/c7-6-2-1-5(10-6)3-8-4-9/h1-2,8-9H,3-4H2. The Kier molecular flexibility index (Phi) is 3.56. The molecule has 0 unspecified atom stereocenters. The Labute approximate surface area is 74.8 Å². The molecule has 4 heteroatoms. The van der Waals surface area contributed by atoms with Crippen LogP contribution < -0.4 is 5.32 Å². The largest absolute Gasteiger partial charge is 0.303 e. The van der Waals surface area contributed by atoms with Crippen molar-refractivity contribution in [1.29, 1.82) is 0 Å². The van der Waals surface area contributed by atoms with E-state index in [4.69, 9.17) is 11.6 Å². The Bertz CT molecular complexity index is 199. The first-order valence-corrected chi connectivity index (χ1v) is 4.71. The van der Waals surface area contributed by atoms with E-state index < -0.39 is 0 Å². The number of thiol groups is 1.